The molecule has 1 amide bonds. The van der Waals surface area contributed by atoms with Crippen molar-refractivity contribution in [2.45, 2.75) is 0 Å². The quantitative estimate of drug-likeness (QED) is 0.525. The molecule has 30 heavy (non-hydrogen) atoms. The van der Waals surface area contributed by atoms with Gasteiger partial charge in [0.25, 0.3) is 0 Å². The number of nitrogens with zero attached hydrogens (tertiary/aromatic N) is 1. The first-order valence-corrected chi connectivity index (χ1v) is 9.00. The van der Waals surface area contributed by atoms with Crippen LogP contribution in [0.5, 0.6) is 0 Å². The first kappa shape index (κ1) is 19.1. The molecule has 1 aromatic heterocycles. The third kappa shape index (κ3) is 3.44. The lowest BCUT2D eigenvalue weighted by atomic mass is 10.0. The maximum absolute atomic E-state index is 13.3. The normalized spacial score (nSPS) is 10.7. The molecule has 7 heteroatoms. The summed E-state index contributed by atoms with van der Waals surface area (Å²) in [5, 5.41) is 12.2. The second-order valence-electron chi connectivity index (χ2n) is 6.55. The van der Waals surface area contributed by atoms with Crippen LogP contribution in [0, 0.1) is 5.82 Å². The van der Waals surface area contributed by atoms with E-state index >= 15 is 0 Å². The number of pyridine rings is 1. The Morgan fingerprint density at radius 1 is 0.900 bits per heavy atom. The molecule has 0 bridgehead atoms. The van der Waals surface area contributed by atoms with Gasteiger partial charge in [-0.25, -0.2) is 14.0 Å². The molecule has 0 aliphatic heterocycles. The number of carbonyl (C=O) groups is 2. The van der Waals surface area contributed by atoms with Gasteiger partial charge in [-0.1, -0.05) is 42.5 Å². The lowest BCUT2D eigenvalue weighted by Crippen LogP contribution is -2.25. The van der Waals surface area contributed by atoms with Crippen LogP contribution in [-0.4, -0.2) is 21.7 Å². The molecule has 2 N–H and O–H groups in total. The summed E-state index contributed by atoms with van der Waals surface area (Å²) in [6.07, 6.45) is 1.02. The lowest BCUT2D eigenvalue weighted by molar-refractivity contribution is 0.0695. The van der Waals surface area contributed by atoms with Crippen molar-refractivity contribution in [3.8, 4) is 11.1 Å². The lowest BCUT2D eigenvalue weighted by Gasteiger charge is -2.15. The number of aromatic carboxylic acids is 1. The minimum atomic E-state index is -1.42. The van der Waals surface area contributed by atoms with Crippen LogP contribution < -0.4 is 10.7 Å². The summed E-state index contributed by atoms with van der Waals surface area (Å²) in [7, 11) is 0. The van der Waals surface area contributed by atoms with Crippen molar-refractivity contribution in [1.82, 2.24) is 4.57 Å². The number of carbonyl (C=O) groups excluding carboxylic acids is 1. The third-order valence-electron chi connectivity index (χ3n) is 4.68. The van der Waals surface area contributed by atoms with Crippen molar-refractivity contribution in [1.29, 1.82) is 0 Å². The standard InChI is InChI=1S/C23H15FN2O4/c24-15-11-9-14(10-12-15)16-5-1-3-7-19(16)25-23(30)26-13-18(22(28)29)21(27)17-6-2-4-8-20(17)26/h1-13H,(H,25,30)(H,28,29). The minimum Gasteiger partial charge on any atom is -0.477 e. The highest BCUT2D eigenvalue weighted by Crippen LogP contribution is 2.28. The molecule has 0 radical (unpaired) electrons. The number of halogens is 1. The summed E-state index contributed by atoms with van der Waals surface area (Å²) in [6.45, 7) is 0. The van der Waals surface area contributed by atoms with E-state index in [0.29, 0.717) is 16.8 Å². The predicted molar refractivity (Wildman–Crippen MR) is 111 cm³/mol. The second kappa shape index (κ2) is 7.63. The molecule has 6 nitrogen and oxygen atoms in total. The maximum Gasteiger partial charge on any atom is 0.341 e. The number of nitrogens with one attached hydrogen (secondary N) is 1. The van der Waals surface area contributed by atoms with Gasteiger partial charge < -0.3 is 10.4 Å². The van der Waals surface area contributed by atoms with Gasteiger partial charge in [-0.15, -0.1) is 0 Å². The van der Waals surface area contributed by atoms with Crippen molar-refractivity contribution in [3.05, 3.63) is 101 Å². The Bertz CT molecular complexity index is 1340. The Labute approximate surface area is 169 Å². The van der Waals surface area contributed by atoms with Crippen LogP contribution in [0.25, 0.3) is 22.0 Å². The summed E-state index contributed by atoms with van der Waals surface area (Å²) in [5.41, 5.74) is 0.931. The summed E-state index contributed by atoms with van der Waals surface area (Å²) < 4.78 is 14.4. The van der Waals surface area contributed by atoms with Crippen LogP contribution in [0.15, 0.2) is 83.8 Å². The summed E-state index contributed by atoms with van der Waals surface area (Å²) in [5.74, 6) is -1.79. The molecule has 3 aromatic carbocycles. The molecule has 0 aliphatic carbocycles. The highest BCUT2D eigenvalue weighted by molar-refractivity contribution is 6.02. The van der Waals surface area contributed by atoms with E-state index in [4.69, 9.17) is 0 Å². The fourth-order valence-electron chi connectivity index (χ4n) is 3.25. The highest BCUT2D eigenvalue weighted by atomic mass is 19.1. The number of amides is 1. The highest BCUT2D eigenvalue weighted by Gasteiger charge is 2.18. The van der Waals surface area contributed by atoms with Crippen LogP contribution in [0.3, 0.4) is 0 Å². The molecule has 0 saturated heterocycles. The van der Waals surface area contributed by atoms with Gasteiger partial charge in [0.15, 0.2) is 0 Å². The van der Waals surface area contributed by atoms with E-state index in [1.165, 1.54) is 18.2 Å². The molecule has 148 valence electrons. The molecule has 4 rings (SSSR count). The van der Waals surface area contributed by atoms with Gasteiger partial charge in [0.1, 0.15) is 11.4 Å². The largest absolute Gasteiger partial charge is 0.477 e. The van der Waals surface area contributed by atoms with Crippen LogP contribution >= 0.6 is 0 Å². The van der Waals surface area contributed by atoms with Crippen molar-refractivity contribution in [2.24, 2.45) is 0 Å². The fraction of sp³-hybridized carbons (Fsp3) is 0. The van der Waals surface area contributed by atoms with E-state index in [1.54, 1.807) is 54.6 Å². The molecule has 4 aromatic rings. The number of fused-ring (bicyclic) bond motifs is 1. The van der Waals surface area contributed by atoms with Gasteiger partial charge in [0.2, 0.25) is 5.43 Å². The minimum absolute atomic E-state index is 0.124. The Kier molecular flexibility index (Phi) is 4.85. The topological polar surface area (TPSA) is 88.4 Å². The molecule has 0 atom stereocenters. The number of benzene rings is 3. The Hall–Kier alpha value is -4.26. The van der Waals surface area contributed by atoms with E-state index in [9.17, 15) is 23.9 Å². The molecule has 0 unspecified atom stereocenters. The Balaban J connectivity index is 1.80. The first-order valence-electron chi connectivity index (χ1n) is 9.00. The van der Waals surface area contributed by atoms with Crippen LogP contribution in [0.2, 0.25) is 0 Å². The number of carboxylic acid groups (broad SMARTS) is 1. The van der Waals surface area contributed by atoms with Crippen molar-refractivity contribution in [2.75, 3.05) is 5.32 Å². The zero-order chi connectivity index (χ0) is 21.3. The number of rotatable bonds is 3. The van der Waals surface area contributed by atoms with Gasteiger partial charge >= 0.3 is 12.0 Å². The zero-order valence-corrected chi connectivity index (χ0v) is 15.5. The molecular weight excluding hydrogens is 387 g/mol. The summed E-state index contributed by atoms with van der Waals surface area (Å²) in [4.78, 5) is 37.0. The number of para-hydroxylation sites is 2. The summed E-state index contributed by atoms with van der Waals surface area (Å²) in [6, 6.07) is 18.5. The fourth-order valence-corrected chi connectivity index (χ4v) is 3.25. The van der Waals surface area contributed by atoms with Gasteiger partial charge in [-0.3, -0.25) is 9.36 Å². The Morgan fingerprint density at radius 2 is 1.57 bits per heavy atom. The van der Waals surface area contributed by atoms with E-state index in [-0.39, 0.29) is 16.7 Å². The second-order valence-corrected chi connectivity index (χ2v) is 6.55. The average Bonchev–Trinajstić information content (AvgIpc) is 2.75. The number of carboxylic acids is 1. The summed E-state index contributed by atoms with van der Waals surface area (Å²) >= 11 is 0. The van der Waals surface area contributed by atoms with Crippen molar-refractivity contribution < 1.29 is 19.1 Å². The Morgan fingerprint density at radius 3 is 2.30 bits per heavy atom. The molecule has 0 saturated carbocycles. The molecule has 0 aliphatic rings. The number of hydrogen-bond donors (Lipinski definition) is 2. The van der Waals surface area contributed by atoms with Crippen LogP contribution in [-0.2, 0) is 0 Å². The molecule has 0 fully saturated rings. The molecule has 1 heterocycles. The maximum atomic E-state index is 13.3. The third-order valence-corrected chi connectivity index (χ3v) is 4.68. The van der Waals surface area contributed by atoms with E-state index in [1.807, 2.05) is 0 Å². The van der Waals surface area contributed by atoms with Crippen LogP contribution in [0.4, 0.5) is 14.9 Å². The van der Waals surface area contributed by atoms with Crippen molar-refractivity contribution >= 4 is 28.6 Å². The number of aromatic nitrogens is 1. The van der Waals surface area contributed by atoms with E-state index < -0.39 is 23.0 Å². The molecular formula is C23H15FN2O4. The van der Waals surface area contributed by atoms with E-state index in [2.05, 4.69) is 5.32 Å². The van der Waals surface area contributed by atoms with Crippen LogP contribution in [0.1, 0.15) is 10.4 Å². The molecule has 0 spiro atoms. The van der Waals surface area contributed by atoms with Crippen molar-refractivity contribution in [3.63, 3.8) is 0 Å². The van der Waals surface area contributed by atoms with E-state index in [0.717, 1.165) is 10.8 Å². The zero-order valence-electron chi connectivity index (χ0n) is 15.5. The number of hydrogen-bond acceptors (Lipinski definition) is 3. The van der Waals surface area contributed by atoms with Gasteiger partial charge in [0.05, 0.1) is 11.2 Å². The first-order chi connectivity index (χ1) is 14.5. The number of anilines is 1. The predicted octanol–water partition coefficient (Wildman–Crippen LogP) is 4.59. The smallest absolute Gasteiger partial charge is 0.341 e. The SMILES string of the molecule is O=C(O)c1cn(C(=O)Nc2ccccc2-c2ccc(F)cc2)c2ccccc2c1=O. The average molecular weight is 402 g/mol. The van der Waals surface area contributed by atoms with Gasteiger partial charge in [-0.05, 0) is 35.9 Å². The monoisotopic (exact) mass is 402 g/mol. The van der Waals surface area contributed by atoms with Gasteiger partial charge in [0, 0.05) is 17.1 Å². The van der Waals surface area contributed by atoms with Gasteiger partial charge in [-0.2, -0.15) is 0 Å².